The summed E-state index contributed by atoms with van der Waals surface area (Å²) >= 11 is 0. The molecule has 5 rings (SSSR count). The van der Waals surface area contributed by atoms with E-state index >= 15 is 0 Å². The number of pyridine rings is 1. The van der Waals surface area contributed by atoms with Crippen LogP contribution in [-0.2, 0) is 19.4 Å². The predicted octanol–water partition coefficient (Wildman–Crippen LogP) is 1.34. The van der Waals surface area contributed by atoms with Crippen LogP contribution < -0.4 is 47.5 Å². The van der Waals surface area contributed by atoms with Gasteiger partial charge in [0, 0.05) is 17.4 Å². The average molecular weight is 533 g/mol. The SMILES string of the molecule is COc1cc2c(cc1OC)-c1c(CC3CC3)c3ccc(OC)c(OC)c3c[n+]1CC2.[I-]. The fraction of sp³-hybridized carbons (Fsp3) is 0.400. The van der Waals surface area contributed by atoms with Crippen LogP contribution in [0.2, 0.25) is 0 Å². The molecule has 0 unspecified atom stereocenters. The lowest BCUT2D eigenvalue weighted by Gasteiger charge is -2.22. The third kappa shape index (κ3) is 3.69. The lowest BCUT2D eigenvalue weighted by Crippen LogP contribution is -3.00. The van der Waals surface area contributed by atoms with E-state index in [1.54, 1.807) is 28.4 Å². The van der Waals surface area contributed by atoms with Crippen molar-refractivity contribution in [2.24, 2.45) is 5.92 Å². The second-order valence-electron chi connectivity index (χ2n) is 8.17. The maximum atomic E-state index is 5.78. The number of rotatable bonds is 6. The second kappa shape index (κ2) is 8.73. The molecule has 1 aromatic heterocycles. The van der Waals surface area contributed by atoms with Gasteiger partial charge in [0.15, 0.2) is 35.7 Å². The summed E-state index contributed by atoms with van der Waals surface area (Å²) in [7, 11) is 6.80. The number of hydrogen-bond donors (Lipinski definition) is 0. The zero-order valence-electron chi connectivity index (χ0n) is 18.5. The van der Waals surface area contributed by atoms with E-state index in [9.17, 15) is 0 Å². The second-order valence-corrected chi connectivity index (χ2v) is 8.17. The van der Waals surface area contributed by atoms with E-state index < -0.39 is 0 Å². The minimum absolute atomic E-state index is 0. The summed E-state index contributed by atoms with van der Waals surface area (Å²) in [6.07, 6.45) is 6.87. The van der Waals surface area contributed by atoms with Crippen LogP contribution in [0.1, 0.15) is 24.0 Å². The van der Waals surface area contributed by atoms with E-state index in [0.717, 1.165) is 53.7 Å². The molecular weight excluding hydrogens is 505 g/mol. The number of hydrogen-bond acceptors (Lipinski definition) is 4. The summed E-state index contributed by atoms with van der Waals surface area (Å²) in [5, 5.41) is 2.36. The number of benzene rings is 2. The lowest BCUT2D eigenvalue weighted by atomic mass is 9.89. The molecule has 6 heteroatoms. The first-order valence-corrected chi connectivity index (χ1v) is 10.5. The largest absolute Gasteiger partial charge is 1.00 e. The van der Waals surface area contributed by atoms with Gasteiger partial charge in [0.1, 0.15) is 0 Å². The quantitative estimate of drug-likeness (QED) is 0.355. The fourth-order valence-corrected chi connectivity index (χ4v) is 4.76. The summed E-state index contributed by atoms with van der Waals surface area (Å²) in [4.78, 5) is 0. The van der Waals surface area contributed by atoms with Gasteiger partial charge in [-0.05, 0) is 55.0 Å². The first-order chi connectivity index (χ1) is 14.7. The Labute approximate surface area is 200 Å². The molecule has 2 aromatic carbocycles. The molecule has 1 aliphatic heterocycles. The van der Waals surface area contributed by atoms with Gasteiger partial charge in [-0.1, -0.05) is 0 Å². The molecule has 5 nitrogen and oxygen atoms in total. The summed E-state index contributed by atoms with van der Waals surface area (Å²) in [6.45, 7) is 0.922. The highest BCUT2D eigenvalue weighted by Gasteiger charge is 2.34. The molecule has 2 aliphatic rings. The van der Waals surface area contributed by atoms with Crippen molar-refractivity contribution < 1.29 is 47.5 Å². The third-order valence-corrected chi connectivity index (χ3v) is 6.44. The Morgan fingerprint density at radius 2 is 1.58 bits per heavy atom. The number of ether oxygens (including phenoxy) is 4. The minimum Gasteiger partial charge on any atom is -1.00 e. The molecule has 1 fully saturated rings. The Morgan fingerprint density at radius 3 is 2.23 bits per heavy atom. The van der Waals surface area contributed by atoms with Gasteiger partial charge in [0.25, 0.3) is 0 Å². The van der Waals surface area contributed by atoms with Crippen molar-refractivity contribution in [2.45, 2.75) is 32.2 Å². The van der Waals surface area contributed by atoms with Gasteiger partial charge in [-0.3, -0.25) is 0 Å². The van der Waals surface area contributed by atoms with Crippen LogP contribution in [0.5, 0.6) is 23.0 Å². The number of methoxy groups -OCH3 is 4. The van der Waals surface area contributed by atoms with E-state index in [4.69, 9.17) is 18.9 Å². The van der Waals surface area contributed by atoms with E-state index in [1.807, 2.05) is 6.07 Å². The van der Waals surface area contributed by atoms with Crippen molar-refractivity contribution in [1.82, 2.24) is 0 Å². The van der Waals surface area contributed by atoms with Crippen molar-refractivity contribution in [3.05, 3.63) is 41.6 Å². The molecule has 31 heavy (non-hydrogen) atoms. The van der Waals surface area contributed by atoms with E-state index in [1.165, 1.54) is 40.6 Å². The van der Waals surface area contributed by atoms with Crippen LogP contribution in [0.15, 0.2) is 30.5 Å². The van der Waals surface area contributed by atoms with Crippen LogP contribution >= 0.6 is 0 Å². The summed E-state index contributed by atoms with van der Waals surface area (Å²) in [5.41, 5.74) is 5.24. The summed E-state index contributed by atoms with van der Waals surface area (Å²) in [5.74, 6) is 3.90. The molecule has 0 atom stereocenters. The van der Waals surface area contributed by atoms with Gasteiger partial charge in [-0.15, -0.1) is 0 Å². The van der Waals surface area contributed by atoms with Crippen LogP contribution in [0, 0.1) is 5.92 Å². The highest BCUT2D eigenvalue weighted by Crippen LogP contribution is 2.44. The van der Waals surface area contributed by atoms with Gasteiger partial charge >= 0.3 is 0 Å². The van der Waals surface area contributed by atoms with Gasteiger partial charge in [0.2, 0.25) is 5.69 Å². The number of nitrogens with zero attached hydrogens (tertiary/aromatic N) is 1. The van der Waals surface area contributed by atoms with Crippen molar-refractivity contribution in [1.29, 1.82) is 0 Å². The maximum absolute atomic E-state index is 5.78. The lowest BCUT2D eigenvalue weighted by molar-refractivity contribution is -0.686. The van der Waals surface area contributed by atoms with Gasteiger partial charge < -0.3 is 42.9 Å². The molecule has 0 bridgehead atoms. The van der Waals surface area contributed by atoms with Gasteiger partial charge in [-0.2, -0.15) is 4.57 Å². The number of halogens is 1. The molecule has 2 heterocycles. The molecule has 1 aliphatic carbocycles. The van der Waals surface area contributed by atoms with Gasteiger partial charge in [0.05, 0.1) is 39.4 Å². The first-order valence-electron chi connectivity index (χ1n) is 10.5. The molecule has 0 radical (unpaired) electrons. The highest BCUT2D eigenvalue weighted by atomic mass is 127. The first kappa shape index (κ1) is 22.0. The Kier molecular flexibility index (Phi) is 6.19. The molecule has 164 valence electrons. The van der Waals surface area contributed by atoms with Crippen molar-refractivity contribution in [2.75, 3.05) is 28.4 Å². The molecule has 0 saturated heterocycles. The van der Waals surface area contributed by atoms with Crippen molar-refractivity contribution in [3.8, 4) is 34.3 Å². The molecule has 1 saturated carbocycles. The van der Waals surface area contributed by atoms with Crippen molar-refractivity contribution >= 4 is 10.8 Å². The molecule has 0 amide bonds. The fourth-order valence-electron chi connectivity index (χ4n) is 4.76. The number of aryl methyl sites for hydroxylation is 2. The maximum Gasteiger partial charge on any atom is 0.216 e. The zero-order chi connectivity index (χ0) is 20.8. The predicted molar refractivity (Wildman–Crippen MR) is 116 cm³/mol. The summed E-state index contributed by atoms with van der Waals surface area (Å²) in [6, 6.07) is 8.48. The number of aromatic nitrogens is 1. The Morgan fingerprint density at radius 1 is 0.871 bits per heavy atom. The monoisotopic (exact) mass is 533 g/mol. The van der Waals surface area contributed by atoms with Crippen LogP contribution in [0.4, 0.5) is 0 Å². The third-order valence-electron chi connectivity index (χ3n) is 6.44. The zero-order valence-corrected chi connectivity index (χ0v) is 20.6. The highest BCUT2D eigenvalue weighted by molar-refractivity contribution is 5.95. The minimum atomic E-state index is 0. The van der Waals surface area contributed by atoms with Gasteiger partial charge in [-0.25, -0.2) is 0 Å². The van der Waals surface area contributed by atoms with E-state index in [-0.39, 0.29) is 24.0 Å². The van der Waals surface area contributed by atoms with Crippen LogP contribution in [0.25, 0.3) is 22.0 Å². The van der Waals surface area contributed by atoms with Crippen LogP contribution in [-0.4, -0.2) is 28.4 Å². The molecular formula is C25H28INO4. The Bertz CT molecular complexity index is 1140. The number of fused-ring (bicyclic) bond motifs is 4. The Balaban J connectivity index is 0.00000231. The summed E-state index contributed by atoms with van der Waals surface area (Å²) < 4.78 is 24.9. The molecule has 3 aromatic rings. The normalized spacial score (nSPS) is 14.3. The average Bonchev–Trinajstić information content (AvgIpc) is 3.60. The van der Waals surface area contributed by atoms with Crippen LogP contribution in [0.3, 0.4) is 0 Å². The van der Waals surface area contributed by atoms with Crippen molar-refractivity contribution in [3.63, 3.8) is 0 Å². The molecule has 0 N–H and O–H groups in total. The molecule has 0 spiro atoms. The standard InChI is InChI=1S/C25H28NO4.HI/c1-27-21-8-7-17-19(11-15-5-6-15)24-18-13-23(29-3)22(28-2)12-16(18)9-10-26(24)14-20(17)25(21)30-4;/h7-8,12-15H,5-6,9-11H2,1-4H3;1H/q+1;/p-1. The van der Waals surface area contributed by atoms with E-state index in [0.29, 0.717) is 0 Å². The topological polar surface area (TPSA) is 40.8 Å². The van der Waals surface area contributed by atoms with E-state index in [2.05, 4.69) is 29.0 Å². The Hall–Kier alpha value is -2.22. The smallest absolute Gasteiger partial charge is 0.216 e.